The fraction of sp³-hybridized carbons (Fsp3) is 0.222. The van der Waals surface area contributed by atoms with Crippen molar-refractivity contribution in [2.24, 2.45) is 0 Å². The summed E-state index contributed by atoms with van der Waals surface area (Å²) < 4.78 is 57.5. The van der Waals surface area contributed by atoms with Crippen LogP contribution in [0.1, 0.15) is 21.7 Å². The minimum atomic E-state index is -3.85. The zero-order valence-electron chi connectivity index (χ0n) is 21.5. The molecule has 0 saturated carbocycles. The van der Waals surface area contributed by atoms with Gasteiger partial charge in [0.15, 0.2) is 10.9 Å². The van der Waals surface area contributed by atoms with Crippen molar-refractivity contribution in [3.05, 3.63) is 96.4 Å². The Bertz CT molecular complexity index is 1640. The molecule has 2 aromatic carbocycles. The second-order valence-electron chi connectivity index (χ2n) is 8.76. The first kappa shape index (κ1) is 28.3. The van der Waals surface area contributed by atoms with Gasteiger partial charge in [-0.2, -0.15) is 9.40 Å². The molecule has 0 fully saturated rings. The molecular formula is C27H27F2N5O3S2. The summed E-state index contributed by atoms with van der Waals surface area (Å²) in [6.07, 6.45) is 2.96. The Labute approximate surface area is 229 Å². The van der Waals surface area contributed by atoms with Crippen molar-refractivity contribution < 1.29 is 22.0 Å². The van der Waals surface area contributed by atoms with E-state index in [1.165, 1.54) is 51.7 Å². The van der Waals surface area contributed by atoms with Crippen LogP contribution in [-0.2, 0) is 16.6 Å². The summed E-state index contributed by atoms with van der Waals surface area (Å²) in [4.78, 5) is 19.4. The summed E-state index contributed by atoms with van der Waals surface area (Å²) in [5.74, 6) is -2.04. The first-order valence-corrected chi connectivity index (χ1v) is 14.2. The minimum Gasteiger partial charge on any atom is -0.282 e. The smallest absolute Gasteiger partial charge is 0.260 e. The minimum absolute atomic E-state index is 0.00877. The molecule has 4 rings (SSSR count). The Hall–Kier alpha value is -3.74. The molecule has 0 unspecified atom stereocenters. The van der Waals surface area contributed by atoms with E-state index in [0.717, 1.165) is 28.8 Å². The number of hydrogen-bond acceptors (Lipinski definition) is 6. The third-order valence-corrected chi connectivity index (χ3v) is 8.79. The number of anilines is 1. The Balaban J connectivity index is 1.69. The molecule has 39 heavy (non-hydrogen) atoms. The molecule has 2 heterocycles. The Kier molecular flexibility index (Phi) is 8.38. The molecule has 0 aliphatic carbocycles. The molecule has 12 heteroatoms. The molecular weight excluding hydrogens is 544 g/mol. The maximum atomic E-state index is 14.4. The molecule has 0 aliphatic heterocycles. The third kappa shape index (κ3) is 5.97. The highest BCUT2D eigenvalue weighted by Gasteiger charge is 2.26. The van der Waals surface area contributed by atoms with Crippen molar-refractivity contribution in [3.63, 3.8) is 0 Å². The van der Waals surface area contributed by atoms with E-state index in [1.807, 2.05) is 19.9 Å². The standard InChI is InChI=1S/C27H27F2N5O3S2/c1-5-11-32(12-6-2)39(36,37)22-9-7-20(8-10-22)26(35)33(13-14-34-19(4)15-18(3)31-34)27-30-25-23(29)16-21(28)17-24(25)38-27/h5-10,15-17H,1-2,11-14H2,3-4H3. The largest absolute Gasteiger partial charge is 0.282 e. The topological polar surface area (TPSA) is 88.4 Å². The van der Waals surface area contributed by atoms with Crippen LogP contribution in [0.2, 0.25) is 0 Å². The van der Waals surface area contributed by atoms with Crippen LogP contribution in [0.4, 0.5) is 13.9 Å². The molecule has 2 aromatic heterocycles. The first-order chi connectivity index (χ1) is 18.5. The van der Waals surface area contributed by atoms with E-state index in [9.17, 15) is 22.0 Å². The second-order valence-corrected chi connectivity index (χ2v) is 11.7. The summed E-state index contributed by atoms with van der Waals surface area (Å²) in [5, 5.41) is 4.61. The number of hydrogen-bond donors (Lipinski definition) is 0. The van der Waals surface area contributed by atoms with Gasteiger partial charge in [0.25, 0.3) is 5.91 Å². The van der Waals surface area contributed by atoms with Crippen molar-refractivity contribution in [2.75, 3.05) is 24.5 Å². The highest BCUT2D eigenvalue weighted by Crippen LogP contribution is 2.32. The van der Waals surface area contributed by atoms with Crippen LogP contribution in [0.25, 0.3) is 10.2 Å². The number of thiazole rings is 1. The molecule has 8 nitrogen and oxygen atoms in total. The predicted molar refractivity (Wildman–Crippen MR) is 149 cm³/mol. The number of aromatic nitrogens is 3. The van der Waals surface area contributed by atoms with Crippen LogP contribution in [0.3, 0.4) is 0 Å². The number of carbonyl (C=O) groups excluding carboxylic acids is 1. The van der Waals surface area contributed by atoms with Crippen LogP contribution in [-0.4, -0.2) is 53.0 Å². The van der Waals surface area contributed by atoms with Gasteiger partial charge in [0.2, 0.25) is 10.0 Å². The molecule has 0 bridgehead atoms. The zero-order valence-corrected chi connectivity index (χ0v) is 23.1. The highest BCUT2D eigenvalue weighted by molar-refractivity contribution is 7.89. The molecule has 0 aliphatic rings. The van der Waals surface area contributed by atoms with E-state index in [1.54, 1.807) is 4.68 Å². The Morgan fingerprint density at radius 3 is 2.33 bits per heavy atom. The molecule has 1 amide bonds. The lowest BCUT2D eigenvalue weighted by molar-refractivity contribution is 0.0985. The molecule has 0 saturated heterocycles. The van der Waals surface area contributed by atoms with E-state index in [-0.39, 0.29) is 45.4 Å². The van der Waals surface area contributed by atoms with Crippen LogP contribution < -0.4 is 4.90 Å². The van der Waals surface area contributed by atoms with Gasteiger partial charge in [0.1, 0.15) is 11.3 Å². The summed E-state index contributed by atoms with van der Waals surface area (Å²) in [6.45, 7) is 11.6. The average molecular weight is 572 g/mol. The molecule has 0 atom stereocenters. The lowest BCUT2D eigenvalue weighted by Crippen LogP contribution is -2.34. The number of nitrogens with zero attached hydrogens (tertiary/aromatic N) is 5. The first-order valence-electron chi connectivity index (χ1n) is 12.0. The Morgan fingerprint density at radius 2 is 1.74 bits per heavy atom. The number of amides is 1. The van der Waals surface area contributed by atoms with Crippen molar-refractivity contribution >= 4 is 42.6 Å². The van der Waals surface area contributed by atoms with Gasteiger partial charge in [-0.05, 0) is 50.2 Å². The maximum Gasteiger partial charge on any atom is 0.260 e. The molecule has 0 radical (unpaired) electrons. The lowest BCUT2D eigenvalue weighted by Gasteiger charge is -2.21. The number of rotatable bonds is 11. The third-order valence-electron chi connectivity index (χ3n) is 5.92. The van der Waals surface area contributed by atoms with Gasteiger partial charge < -0.3 is 0 Å². The number of benzene rings is 2. The van der Waals surface area contributed by atoms with E-state index in [2.05, 4.69) is 23.2 Å². The number of aryl methyl sites for hydroxylation is 2. The van der Waals surface area contributed by atoms with Crippen LogP contribution in [0.15, 0.2) is 72.7 Å². The molecule has 4 aromatic rings. The van der Waals surface area contributed by atoms with Gasteiger partial charge in [-0.3, -0.25) is 14.4 Å². The van der Waals surface area contributed by atoms with Crippen LogP contribution in [0.5, 0.6) is 0 Å². The van der Waals surface area contributed by atoms with E-state index in [0.29, 0.717) is 6.54 Å². The summed E-state index contributed by atoms with van der Waals surface area (Å²) in [7, 11) is -3.85. The number of halogens is 2. The lowest BCUT2D eigenvalue weighted by atomic mass is 10.2. The molecule has 204 valence electrons. The number of carbonyl (C=O) groups is 1. The summed E-state index contributed by atoms with van der Waals surface area (Å²) >= 11 is 0.986. The van der Waals surface area contributed by atoms with Crippen molar-refractivity contribution in [3.8, 4) is 0 Å². The predicted octanol–water partition coefficient (Wildman–Crippen LogP) is 5.10. The van der Waals surface area contributed by atoms with Gasteiger partial charge in [0.05, 0.1) is 21.8 Å². The molecule has 0 spiro atoms. The number of sulfonamides is 1. The normalized spacial score (nSPS) is 11.7. The van der Waals surface area contributed by atoms with Crippen molar-refractivity contribution in [1.29, 1.82) is 0 Å². The van der Waals surface area contributed by atoms with Gasteiger partial charge in [-0.25, -0.2) is 22.2 Å². The SMILES string of the molecule is C=CCN(CC=C)S(=O)(=O)c1ccc(C(=O)N(CCn2nc(C)cc2C)c2nc3c(F)cc(F)cc3s2)cc1. The average Bonchev–Trinajstić information content (AvgIpc) is 3.46. The van der Waals surface area contributed by atoms with E-state index >= 15 is 0 Å². The fourth-order valence-electron chi connectivity index (χ4n) is 4.07. The van der Waals surface area contributed by atoms with Gasteiger partial charge in [-0.15, -0.1) is 13.2 Å². The summed E-state index contributed by atoms with van der Waals surface area (Å²) in [5.41, 5.74) is 1.88. The fourth-order valence-corrected chi connectivity index (χ4v) is 6.49. The van der Waals surface area contributed by atoms with Gasteiger partial charge >= 0.3 is 0 Å². The maximum absolute atomic E-state index is 14.4. The number of fused-ring (bicyclic) bond motifs is 1. The second kappa shape index (κ2) is 11.6. The molecule has 0 N–H and O–H groups in total. The van der Waals surface area contributed by atoms with Crippen molar-refractivity contribution in [2.45, 2.75) is 25.3 Å². The van der Waals surface area contributed by atoms with Crippen LogP contribution in [0, 0.1) is 25.5 Å². The highest BCUT2D eigenvalue weighted by atomic mass is 32.2. The summed E-state index contributed by atoms with van der Waals surface area (Å²) in [6, 6.07) is 9.36. The zero-order chi connectivity index (χ0) is 28.3. The van der Waals surface area contributed by atoms with Gasteiger partial charge in [-0.1, -0.05) is 23.5 Å². The Morgan fingerprint density at radius 1 is 1.08 bits per heavy atom. The monoisotopic (exact) mass is 571 g/mol. The van der Waals surface area contributed by atoms with E-state index < -0.39 is 27.6 Å². The quantitative estimate of drug-likeness (QED) is 0.234. The van der Waals surface area contributed by atoms with Crippen molar-refractivity contribution in [1.82, 2.24) is 19.1 Å². The van der Waals surface area contributed by atoms with Gasteiger partial charge in [0, 0.05) is 37.0 Å². The van der Waals surface area contributed by atoms with E-state index in [4.69, 9.17) is 0 Å². The van der Waals surface area contributed by atoms with Crippen LogP contribution >= 0.6 is 11.3 Å².